The van der Waals surface area contributed by atoms with Gasteiger partial charge in [0.2, 0.25) is 0 Å². The highest BCUT2D eigenvalue weighted by Crippen LogP contribution is 2.22. The van der Waals surface area contributed by atoms with Crippen LogP contribution in [0.4, 0.5) is 17.1 Å². The molecule has 0 aromatic heterocycles. The summed E-state index contributed by atoms with van der Waals surface area (Å²) < 4.78 is 5.33. The van der Waals surface area contributed by atoms with Crippen molar-refractivity contribution in [2.45, 2.75) is 0 Å². The van der Waals surface area contributed by atoms with Gasteiger partial charge in [0.05, 0.1) is 23.7 Å². The Morgan fingerprint density at radius 2 is 1.86 bits per heavy atom. The van der Waals surface area contributed by atoms with Gasteiger partial charge in [-0.05, 0) is 36.4 Å². The van der Waals surface area contributed by atoms with Crippen molar-refractivity contribution in [2.24, 2.45) is 0 Å². The third-order valence-corrected chi connectivity index (χ3v) is 4.30. The van der Waals surface area contributed by atoms with E-state index in [0.29, 0.717) is 18.9 Å². The first-order chi connectivity index (χ1) is 13.6. The van der Waals surface area contributed by atoms with E-state index in [-0.39, 0.29) is 16.8 Å². The number of hydrogen-bond acceptors (Lipinski definition) is 6. The molecule has 1 N–H and O–H groups in total. The lowest BCUT2D eigenvalue weighted by Gasteiger charge is -2.28. The van der Waals surface area contributed by atoms with E-state index in [2.05, 4.69) is 10.2 Å². The van der Waals surface area contributed by atoms with Crippen LogP contribution in [0.2, 0.25) is 0 Å². The van der Waals surface area contributed by atoms with Gasteiger partial charge in [0.15, 0.2) is 0 Å². The van der Waals surface area contributed by atoms with Gasteiger partial charge >= 0.3 is 0 Å². The quantitative estimate of drug-likeness (QED) is 0.371. The SMILES string of the molecule is N#C/C(=C\c1ccccc1[N+](=O)[O-])C(=O)Nc1ccc(N2CCOCC2)cc1. The Bertz CT molecular complexity index is 941. The predicted octanol–water partition coefficient (Wildman–Crippen LogP) is 2.98. The van der Waals surface area contributed by atoms with Crippen LogP contribution in [0.5, 0.6) is 0 Å². The summed E-state index contributed by atoms with van der Waals surface area (Å²) in [6.07, 6.45) is 1.22. The zero-order chi connectivity index (χ0) is 19.9. The Balaban J connectivity index is 1.74. The molecule has 8 heteroatoms. The predicted molar refractivity (Wildman–Crippen MR) is 105 cm³/mol. The zero-order valence-corrected chi connectivity index (χ0v) is 15.0. The van der Waals surface area contributed by atoms with Gasteiger partial charge < -0.3 is 15.0 Å². The second kappa shape index (κ2) is 8.79. The normalized spacial score (nSPS) is 14.2. The van der Waals surface area contributed by atoms with Crippen molar-refractivity contribution in [3.63, 3.8) is 0 Å². The summed E-state index contributed by atoms with van der Waals surface area (Å²) in [6, 6.07) is 15.0. The Morgan fingerprint density at radius 1 is 1.18 bits per heavy atom. The fourth-order valence-electron chi connectivity index (χ4n) is 2.86. The minimum Gasteiger partial charge on any atom is -0.378 e. The molecule has 0 radical (unpaired) electrons. The van der Waals surface area contributed by atoms with Crippen LogP contribution < -0.4 is 10.2 Å². The van der Waals surface area contributed by atoms with Crippen LogP contribution in [-0.2, 0) is 9.53 Å². The molecule has 3 rings (SSSR count). The highest BCUT2D eigenvalue weighted by Gasteiger charge is 2.16. The van der Waals surface area contributed by atoms with E-state index in [1.807, 2.05) is 12.1 Å². The van der Waals surface area contributed by atoms with Crippen LogP contribution in [0.15, 0.2) is 54.1 Å². The maximum absolute atomic E-state index is 12.4. The summed E-state index contributed by atoms with van der Waals surface area (Å²) in [5, 5.41) is 23.1. The lowest BCUT2D eigenvalue weighted by molar-refractivity contribution is -0.385. The number of rotatable bonds is 5. The molecular formula is C20H18N4O4. The molecule has 1 aliphatic rings. The monoisotopic (exact) mass is 378 g/mol. The van der Waals surface area contributed by atoms with Crippen molar-refractivity contribution in [1.29, 1.82) is 5.26 Å². The number of benzene rings is 2. The molecule has 0 saturated carbocycles. The number of nitrogens with one attached hydrogen (secondary N) is 1. The molecule has 1 saturated heterocycles. The number of nitrogens with zero attached hydrogens (tertiary/aromatic N) is 3. The fourth-order valence-corrected chi connectivity index (χ4v) is 2.86. The largest absolute Gasteiger partial charge is 0.378 e. The standard InChI is InChI=1S/C20H18N4O4/c21-14-16(13-15-3-1-2-4-19(15)24(26)27)20(25)22-17-5-7-18(8-6-17)23-9-11-28-12-10-23/h1-8,13H,9-12H2,(H,22,25)/b16-13+. The van der Waals surface area contributed by atoms with Gasteiger partial charge in [-0.1, -0.05) is 12.1 Å². The summed E-state index contributed by atoms with van der Waals surface area (Å²) >= 11 is 0. The molecule has 0 aliphatic carbocycles. The number of para-hydroxylation sites is 1. The summed E-state index contributed by atoms with van der Waals surface area (Å²) in [7, 11) is 0. The number of amides is 1. The smallest absolute Gasteiger partial charge is 0.276 e. The molecule has 1 aliphatic heterocycles. The molecule has 0 atom stereocenters. The van der Waals surface area contributed by atoms with E-state index in [9.17, 15) is 20.2 Å². The van der Waals surface area contributed by atoms with Gasteiger partial charge in [-0.15, -0.1) is 0 Å². The summed E-state index contributed by atoms with van der Waals surface area (Å²) in [5.41, 5.74) is 1.37. The van der Waals surface area contributed by atoms with E-state index < -0.39 is 10.8 Å². The zero-order valence-electron chi connectivity index (χ0n) is 15.0. The number of carbonyl (C=O) groups is 1. The maximum atomic E-state index is 12.4. The number of anilines is 2. The van der Waals surface area contributed by atoms with E-state index in [1.165, 1.54) is 24.3 Å². The minimum absolute atomic E-state index is 0.169. The molecule has 2 aromatic rings. The van der Waals surface area contributed by atoms with Crippen molar-refractivity contribution >= 4 is 29.0 Å². The van der Waals surface area contributed by atoms with Crippen molar-refractivity contribution < 1.29 is 14.5 Å². The molecule has 1 fully saturated rings. The van der Waals surface area contributed by atoms with E-state index in [0.717, 1.165) is 18.8 Å². The Morgan fingerprint density at radius 3 is 2.50 bits per heavy atom. The van der Waals surface area contributed by atoms with Gasteiger partial charge in [0.25, 0.3) is 11.6 Å². The minimum atomic E-state index is -0.625. The van der Waals surface area contributed by atoms with Crippen LogP contribution in [0.25, 0.3) is 6.08 Å². The average Bonchev–Trinajstić information content (AvgIpc) is 2.73. The Hall–Kier alpha value is -3.70. The van der Waals surface area contributed by atoms with Crippen LogP contribution in [-0.4, -0.2) is 37.1 Å². The summed E-state index contributed by atoms with van der Waals surface area (Å²) in [5.74, 6) is -0.625. The average molecular weight is 378 g/mol. The van der Waals surface area contributed by atoms with Gasteiger partial charge in [-0.25, -0.2) is 0 Å². The number of ether oxygens (including phenoxy) is 1. The third kappa shape index (κ3) is 4.52. The first-order valence-corrected chi connectivity index (χ1v) is 8.68. The van der Waals surface area contributed by atoms with E-state index >= 15 is 0 Å². The number of carbonyl (C=O) groups excluding carboxylic acids is 1. The van der Waals surface area contributed by atoms with Gasteiger partial charge in [-0.2, -0.15) is 5.26 Å². The molecule has 0 unspecified atom stereocenters. The maximum Gasteiger partial charge on any atom is 0.276 e. The van der Waals surface area contributed by atoms with Gasteiger partial charge in [-0.3, -0.25) is 14.9 Å². The van der Waals surface area contributed by atoms with Gasteiger partial charge in [0.1, 0.15) is 11.6 Å². The molecule has 1 amide bonds. The number of nitriles is 1. The highest BCUT2D eigenvalue weighted by atomic mass is 16.6. The number of hydrogen-bond donors (Lipinski definition) is 1. The van der Waals surface area contributed by atoms with Crippen molar-refractivity contribution in [3.8, 4) is 6.07 Å². The first-order valence-electron chi connectivity index (χ1n) is 8.68. The molecule has 0 spiro atoms. The first kappa shape index (κ1) is 19.1. The Labute approximate surface area is 161 Å². The second-order valence-electron chi connectivity index (χ2n) is 6.09. The van der Waals surface area contributed by atoms with Crippen LogP contribution in [0.3, 0.4) is 0 Å². The summed E-state index contributed by atoms with van der Waals surface area (Å²) in [6.45, 7) is 2.98. The van der Waals surface area contributed by atoms with Crippen molar-refractivity contribution in [2.75, 3.05) is 36.5 Å². The fraction of sp³-hybridized carbons (Fsp3) is 0.200. The molecule has 142 valence electrons. The van der Waals surface area contributed by atoms with Crippen LogP contribution >= 0.6 is 0 Å². The molecule has 1 heterocycles. The molecular weight excluding hydrogens is 360 g/mol. The third-order valence-electron chi connectivity index (χ3n) is 4.30. The lowest BCUT2D eigenvalue weighted by atomic mass is 10.1. The lowest BCUT2D eigenvalue weighted by Crippen LogP contribution is -2.36. The van der Waals surface area contributed by atoms with E-state index in [1.54, 1.807) is 24.3 Å². The van der Waals surface area contributed by atoms with E-state index in [4.69, 9.17) is 4.74 Å². The molecule has 8 nitrogen and oxygen atoms in total. The highest BCUT2D eigenvalue weighted by molar-refractivity contribution is 6.10. The topological polar surface area (TPSA) is 108 Å². The molecule has 28 heavy (non-hydrogen) atoms. The second-order valence-corrected chi connectivity index (χ2v) is 6.09. The molecule has 2 aromatic carbocycles. The van der Waals surface area contributed by atoms with Gasteiger partial charge in [0, 0.05) is 30.5 Å². The summed E-state index contributed by atoms with van der Waals surface area (Å²) in [4.78, 5) is 25.1. The molecule has 0 bridgehead atoms. The van der Waals surface area contributed by atoms with Crippen LogP contribution in [0.1, 0.15) is 5.56 Å². The Kier molecular flexibility index (Phi) is 5.99. The number of nitro benzene ring substituents is 1. The number of nitro groups is 1. The number of morpholine rings is 1. The van der Waals surface area contributed by atoms with Crippen molar-refractivity contribution in [3.05, 3.63) is 69.8 Å². The van der Waals surface area contributed by atoms with Crippen molar-refractivity contribution in [1.82, 2.24) is 0 Å². The van der Waals surface area contributed by atoms with Crippen LogP contribution in [0, 0.1) is 21.4 Å².